The second-order valence-corrected chi connectivity index (χ2v) is 6.85. The topological polar surface area (TPSA) is 73.5 Å². The molecule has 0 saturated heterocycles. The van der Waals surface area contributed by atoms with Gasteiger partial charge in [0.25, 0.3) is 5.91 Å². The molecule has 0 fully saturated rings. The predicted molar refractivity (Wildman–Crippen MR) is 110 cm³/mol. The van der Waals surface area contributed by atoms with Gasteiger partial charge in [-0.3, -0.25) is 4.79 Å². The van der Waals surface area contributed by atoms with Crippen molar-refractivity contribution in [1.82, 2.24) is 24.3 Å². The molecule has 7 heteroatoms. The van der Waals surface area contributed by atoms with Gasteiger partial charge < -0.3 is 19.0 Å². The number of hydrogen-bond donors (Lipinski definition) is 1. The zero-order chi connectivity index (χ0) is 20.1. The summed E-state index contributed by atoms with van der Waals surface area (Å²) >= 11 is 0. The van der Waals surface area contributed by atoms with Crippen molar-refractivity contribution in [2.45, 2.75) is 26.5 Å². The lowest BCUT2D eigenvalue weighted by molar-refractivity contribution is 0.0948. The highest BCUT2D eigenvalue weighted by atomic mass is 16.5. The standard InChI is InChI=1S/C22H23N5O2/c1-17-6-4-12-27-14-18(25-21(17)27)15-29-20-8-3-2-7-19(20)22(28)24-9-5-11-26-13-10-23-16-26/h2-4,6-8,10,12-14,16H,5,9,11,15H2,1H3,(H,24,28). The van der Waals surface area contributed by atoms with E-state index in [2.05, 4.69) is 15.3 Å². The number of carbonyl (C=O) groups excluding carboxylic acids is 1. The van der Waals surface area contributed by atoms with E-state index in [1.54, 1.807) is 24.7 Å². The van der Waals surface area contributed by atoms with Gasteiger partial charge in [-0.25, -0.2) is 9.97 Å². The highest BCUT2D eigenvalue weighted by Gasteiger charge is 2.12. The summed E-state index contributed by atoms with van der Waals surface area (Å²) in [4.78, 5) is 21.2. The van der Waals surface area contributed by atoms with Gasteiger partial charge in [0, 0.05) is 37.9 Å². The molecule has 7 nitrogen and oxygen atoms in total. The molecule has 29 heavy (non-hydrogen) atoms. The number of hydrogen-bond acceptors (Lipinski definition) is 4. The van der Waals surface area contributed by atoms with Gasteiger partial charge in [-0.2, -0.15) is 0 Å². The van der Waals surface area contributed by atoms with Crippen molar-refractivity contribution in [3.8, 4) is 5.75 Å². The van der Waals surface area contributed by atoms with Crippen LogP contribution < -0.4 is 10.1 Å². The number of benzene rings is 1. The summed E-state index contributed by atoms with van der Waals surface area (Å²) in [5, 5.41) is 2.96. The van der Waals surface area contributed by atoms with Crippen LogP contribution in [0, 0.1) is 6.92 Å². The molecule has 0 aliphatic heterocycles. The minimum Gasteiger partial charge on any atom is -0.486 e. The maximum atomic E-state index is 12.6. The molecule has 0 saturated carbocycles. The zero-order valence-corrected chi connectivity index (χ0v) is 16.3. The number of imidazole rings is 2. The molecule has 0 atom stereocenters. The lowest BCUT2D eigenvalue weighted by Crippen LogP contribution is -2.25. The van der Waals surface area contributed by atoms with Crippen LogP contribution in [0.1, 0.15) is 28.0 Å². The molecule has 4 rings (SSSR count). The van der Waals surface area contributed by atoms with Crippen LogP contribution in [0.4, 0.5) is 0 Å². The van der Waals surface area contributed by atoms with Gasteiger partial charge >= 0.3 is 0 Å². The molecular weight excluding hydrogens is 366 g/mol. The van der Waals surface area contributed by atoms with Gasteiger partial charge in [-0.15, -0.1) is 0 Å². The maximum absolute atomic E-state index is 12.6. The first-order valence-electron chi connectivity index (χ1n) is 9.59. The normalized spacial score (nSPS) is 10.9. The highest BCUT2D eigenvalue weighted by Crippen LogP contribution is 2.20. The smallest absolute Gasteiger partial charge is 0.255 e. The van der Waals surface area contributed by atoms with E-state index in [1.165, 1.54) is 0 Å². The fourth-order valence-corrected chi connectivity index (χ4v) is 3.18. The maximum Gasteiger partial charge on any atom is 0.255 e. The van der Waals surface area contributed by atoms with Crippen molar-refractivity contribution in [3.05, 3.63) is 84.3 Å². The van der Waals surface area contributed by atoms with Crippen molar-refractivity contribution >= 4 is 11.6 Å². The van der Waals surface area contributed by atoms with Gasteiger partial charge in [0.15, 0.2) is 0 Å². The number of amides is 1. The Bertz CT molecular complexity index is 1100. The number of para-hydroxylation sites is 1. The van der Waals surface area contributed by atoms with Crippen LogP contribution in [0.2, 0.25) is 0 Å². The first-order valence-corrected chi connectivity index (χ1v) is 9.59. The molecule has 0 aliphatic carbocycles. The Hall–Kier alpha value is -3.61. The van der Waals surface area contributed by atoms with Crippen molar-refractivity contribution in [3.63, 3.8) is 0 Å². The number of aryl methyl sites for hydroxylation is 2. The number of fused-ring (bicyclic) bond motifs is 1. The minimum absolute atomic E-state index is 0.142. The molecule has 1 amide bonds. The lowest BCUT2D eigenvalue weighted by Gasteiger charge is -2.11. The first kappa shape index (κ1) is 18.7. The molecule has 0 radical (unpaired) electrons. The third kappa shape index (κ3) is 4.45. The van der Waals surface area contributed by atoms with Crippen molar-refractivity contribution < 1.29 is 9.53 Å². The molecule has 3 heterocycles. The van der Waals surface area contributed by atoms with Crippen molar-refractivity contribution in [2.75, 3.05) is 6.54 Å². The Morgan fingerprint density at radius 2 is 2.07 bits per heavy atom. The third-order valence-electron chi connectivity index (χ3n) is 4.67. The second kappa shape index (κ2) is 8.60. The van der Waals surface area contributed by atoms with Gasteiger partial charge in [-0.1, -0.05) is 18.2 Å². The number of aromatic nitrogens is 4. The predicted octanol–water partition coefficient (Wildman–Crippen LogP) is 3.24. The SMILES string of the molecule is Cc1cccn2cc(COc3ccccc3C(=O)NCCCn3ccnc3)nc12. The number of pyridine rings is 1. The van der Waals surface area contributed by atoms with Gasteiger partial charge in [0.1, 0.15) is 18.0 Å². The number of ether oxygens (including phenoxy) is 1. The molecule has 0 unspecified atom stereocenters. The van der Waals surface area contributed by atoms with Crippen LogP contribution in [-0.4, -0.2) is 31.4 Å². The van der Waals surface area contributed by atoms with Gasteiger partial charge in [-0.05, 0) is 37.1 Å². The van der Waals surface area contributed by atoms with Crippen molar-refractivity contribution in [1.29, 1.82) is 0 Å². The van der Waals surface area contributed by atoms with Crippen LogP contribution in [0.25, 0.3) is 5.65 Å². The van der Waals surface area contributed by atoms with E-state index in [0.717, 1.165) is 29.9 Å². The molecule has 3 aromatic heterocycles. The molecule has 4 aromatic rings. The van der Waals surface area contributed by atoms with Crippen molar-refractivity contribution in [2.24, 2.45) is 0 Å². The molecule has 1 aromatic carbocycles. The van der Waals surface area contributed by atoms with E-state index in [1.807, 2.05) is 58.7 Å². The fourth-order valence-electron chi connectivity index (χ4n) is 3.18. The van der Waals surface area contributed by atoms with E-state index in [9.17, 15) is 4.79 Å². The molecule has 1 N–H and O–H groups in total. The minimum atomic E-state index is -0.142. The second-order valence-electron chi connectivity index (χ2n) is 6.85. The average Bonchev–Trinajstić information content (AvgIpc) is 3.40. The largest absolute Gasteiger partial charge is 0.486 e. The molecular formula is C22H23N5O2. The Morgan fingerprint density at radius 1 is 1.17 bits per heavy atom. The Labute approximate surface area is 169 Å². The Kier molecular flexibility index (Phi) is 5.56. The molecule has 0 aliphatic rings. The summed E-state index contributed by atoms with van der Waals surface area (Å²) < 4.78 is 9.89. The summed E-state index contributed by atoms with van der Waals surface area (Å²) in [7, 11) is 0. The summed E-state index contributed by atoms with van der Waals surface area (Å²) in [6.07, 6.45) is 10.2. The van der Waals surface area contributed by atoms with E-state index in [0.29, 0.717) is 24.5 Å². The van der Waals surface area contributed by atoms with Crippen LogP contribution >= 0.6 is 0 Å². The van der Waals surface area contributed by atoms with E-state index < -0.39 is 0 Å². The summed E-state index contributed by atoms with van der Waals surface area (Å²) in [6, 6.07) is 11.3. The van der Waals surface area contributed by atoms with Crippen LogP contribution in [-0.2, 0) is 13.2 Å². The van der Waals surface area contributed by atoms with Gasteiger partial charge in [0.2, 0.25) is 0 Å². The third-order valence-corrected chi connectivity index (χ3v) is 4.67. The average molecular weight is 389 g/mol. The zero-order valence-electron chi connectivity index (χ0n) is 16.3. The molecule has 0 bridgehead atoms. The lowest BCUT2D eigenvalue weighted by atomic mass is 10.2. The summed E-state index contributed by atoms with van der Waals surface area (Å²) in [5.74, 6) is 0.408. The van der Waals surface area contributed by atoms with E-state index in [-0.39, 0.29) is 5.91 Å². The number of nitrogens with zero attached hydrogens (tertiary/aromatic N) is 4. The summed E-state index contributed by atoms with van der Waals surface area (Å²) in [5.41, 5.74) is 3.36. The molecule has 0 spiro atoms. The highest BCUT2D eigenvalue weighted by molar-refractivity contribution is 5.96. The van der Waals surface area contributed by atoms with Gasteiger partial charge in [0.05, 0.1) is 17.6 Å². The monoisotopic (exact) mass is 389 g/mol. The quantitative estimate of drug-likeness (QED) is 0.470. The van der Waals surface area contributed by atoms with Crippen LogP contribution in [0.5, 0.6) is 5.75 Å². The van der Waals surface area contributed by atoms with Crippen LogP contribution in [0.15, 0.2) is 67.5 Å². The number of nitrogens with one attached hydrogen (secondary N) is 1. The van der Waals surface area contributed by atoms with Crippen LogP contribution in [0.3, 0.4) is 0 Å². The van der Waals surface area contributed by atoms with E-state index in [4.69, 9.17) is 4.74 Å². The fraction of sp³-hybridized carbons (Fsp3) is 0.227. The first-order chi connectivity index (χ1) is 14.2. The number of rotatable bonds is 8. The Balaban J connectivity index is 1.36. The van der Waals surface area contributed by atoms with E-state index >= 15 is 0 Å². The Morgan fingerprint density at radius 3 is 2.90 bits per heavy atom. The summed E-state index contributed by atoms with van der Waals surface area (Å²) in [6.45, 7) is 3.72. The molecule has 148 valence electrons. The number of carbonyl (C=O) groups is 1.